The number of nitrogens with zero attached hydrogens (tertiary/aromatic N) is 2. The number of aryl methyl sites for hydroxylation is 2. The number of rotatable bonds is 3. The highest BCUT2D eigenvalue weighted by molar-refractivity contribution is 5.94. The topological polar surface area (TPSA) is 46.9 Å². The van der Waals surface area contributed by atoms with Gasteiger partial charge in [-0.2, -0.15) is 5.10 Å². The summed E-state index contributed by atoms with van der Waals surface area (Å²) >= 11 is 0. The lowest BCUT2D eigenvalue weighted by atomic mass is 10.1. The maximum atomic E-state index is 13.1. The quantitative estimate of drug-likeness (QED) is 0.919. The first-order valence-electron chi connectivity index (χ1n) is 6.01. The Labute approximate surface area is 111 Å². The van der Waals surface area contributed by atoms with Gasteiger partial charge < -0.3 is 5.32 Å². The molecule has 5 heteroatoms. The summed E-state index contributed by atoms with van der Waals surface area (Å²) < 4.78 is 14.9. The molecular weight excluding hydrogens is 245 g/mol. The third kappa shape index (κ3) is 2.81. The molecule has 0 aliphatic rings. The SMILES string of the molecule is Cc1cc(C(=O)NCc2cnn(C)c2C)ccc1F. The van der Waals surface area contributed by atoms with Crippen LogP contribution in [0.15, 0.2) is 24.4 Å². The van der Waals surface area contributed by atoms with Gasteiger partial charge in [-0.1, -0.05) is 0 Å². The largest absolute Gasteiger partial charge is 0.348 e. The van der Waals surface area contributed by atoms with Crippen LogP contribution in [0.2, 0.25) is 0 Å². The number of hydrogen-bond acceptors (Lipinski definition) is 2. The number of carbonyl (C=O) groups is 1. The molecule has 0 saturated heterocycles. The lowest BCUT2D eigenvalue weighted by Gasteiger charge is -2.06. The third-order valence-electron chi connectivity index (χ3n) is 3.20. The summed E-state index contributed by atoms with van der Waals surface area (Å²) in [5.74, 6) is -0.522. The molecule has 1 aromatic carbocycles. The monoisotopic (exact) mass is 261 g/mol. The van der Waals surface area contributed by atoms with Gasteiger partial charge in [0.15, 0.2) is 0 Å². The van der Waals surface area contributed by atoms with Gasteiger partial charge in [-0.3, -0.25) is 9.48 Å². The number of amides is 1. The summed E-state index contributed by atoms with van der Waals surface area (Å²) in [6.45, 7) is 3.99. The van der Waals surface area contributed by atoms with Crippen molar-refractivity contribution in [3.63, 3.8) is 0 Å². The molecule has 1 N–H and O–H groups in total. The van der Waals surface area contributed by atoms with Gasteiger partial charge in [-0.05, 0) is 37.6 Å². The summed E-state index contributed by atoms with van der Waals surface area (Å²) in [5, 5.41) is 6.91. The van der Waals surface area contributed by atoms with Crippen LogP contribution in [0.5, 0.6) is 0 Å². The molecular formula is C14H16FN3O. The molecule has 1 amide bonds. The Morgan fingerprint density at radius 2 is 2.16 bits per heavy atom. The minimum absolute atomic E-state index is 0.216. The van der Waals surface area contributed by atoms with Crippen molar-refractivity contribution in [1.29, 1.82) is 0 Å². The lowest BCUT2D eigenvalue weighted by molar-refractivity contribution is 0.0950. The Kier molecular flexibility index (Phi) is 3.64. The minimum Gasteiger partial charge on any atom is -0.348 e. The maximum absolute atomic E-state index is 13.1. The molecule has 0 aliphatic heterocycles. The van der Waals surface area contributed by atoms with Crippen LogP contribution in [-0.4, -0.2) is 15.7 Å². The van der Waals surface area contributed by atoms with Gasteiger partial charge in [0.2, 0.25) is 0 Å². The minimum atomic E-state index is -0.306. The zero-order valence-corrected chi connectivity index (χ0v) is 11.2. The van der Waals surface area contributed by atoms with Crippen LogP contribution in [-0.2, 0) is 13.6 Å². The molecule has 0 unspecified atom stereocenters. The van der Waals surface area contributed by atoms with E-state index in [0.29, 0.717) is 17.7 Å². The van der Waals surface area contributed by atoms with E-state index in [1.54, 1.807) is 23.9 Å². The van der Waals surface area contributed by atoms with Gasteiger partial charge in [0, 0.05) is 30.4 Å². The number of hydrogen-bond donors (Lipinski definition) is 1. The molecule has 2 aromatic rings. The smallest absolute Gasteiger partial charge is 0.251 e. The third-order valence-corrected chi connectivity index (χ3v) is 3.20. The summed E-state index contributed by atoms with van der Waals surface area (Å²) in [6.07, 6.45) is 1.73. The molecule has 0 fully saturated rings. The van der Waals surface area contributed by atoms with Crippen molar-refractivity contribution in [3.05, 3.63) is 52.6 Å². The van der Waals surface area contributed by atoms with E-state index in [9.17, 15) is 9.18 Å². The Morgan fingerprint density at radius 3 is 2.74 bits per heavy atom. The van der Waals surface area contributed by atoms with Crippen LogP contribution < -0.4 is 5.32 Å². The number of nitrogens with one attached hydrogen (secondary N) is 1. The van der Waals surface area contributed by atoms with Crippen molar-refractivity contribution in [1.82, 2.24) is 15.1 Å². The Balaban J connectivity index is 2.05. The van der Waals surface area contributed by atoms with Crippen molar-refractivity contribution in [2.24, 2.45) is 7.05 Å². The van der Waals surface area contributed by atoms with Gasteiger partial charge in [0.25, 0.3) is 5.91 Å². The van der Waals surface area contributed by atoms with E-state index in [4.69, 9.17) is 0 Å². The fourth-order valence-corrected chi connectivity index (χ4v) is 1.78. The average Bonchev–Trinajstić information content (AvgIpc) is 2.70. The Morgan fingerprint density at radius 1 is 1.42 bits per heavy atom. The molecule has 1 aromatic heterocycles. The molecule has 0 saturated carbocycles. The second-order valence-electron chi connectivity index (χ2n) is 4.53. The molecule has 0 atom stereocenters. The van der Waals surface area contributed by atoms with E-state index in [-0.39, 0.29) is 11.7 Å². The Bertz CT molecular complexity index is 619. The predicted octanol–water partition coefficient (Wildman–Crippen LogP) is 2.11. The van der Waals surface area contributed by atoms with Crippen LogP contribution in [0.1, 0.15) is 27.2 Å². The van der Waals surface area contributed by atoms with Gasteiger partial charge in [0.1, 0.15) is 5.82 Å². The van der Waals surface area contributed by atoms with Crippen LogP contribution >= 0.6 is 0 Å². The average molecular weight is 261 g/mol. The second kappa shape index (κ2) is 5.22. The molecule has 0 spiro atoms. The molecule has 1 heterocycles. The van der Waals surface area contributed by atoms with Crippen molar-refractivity contribution < 1.29 is 9.18 Å². The first-order chi connectivity index (χ1) is 8.99. The highest BCUT2D eigenvalue weighted by atomic mass is 19.1. The zero-order valence-electron chi connectivity index (χ0n) is 11.2. The second-order valence-corrected chi connectivity index (χ2v) is 4.53. The van der Waals surface area contributed by atoms with Crippen molar-refractivity contribution in [3.8, 4) is 0 Å². The summed E-state index contributed by atoms with van der Waals surface area (Å²) in [4.78, 5) is 11.9. The van der Waals surface area contributed by atoms with E-state index in [2.05, 4.69) is 10.4 Å². The summed E-state index contributed by atoms with van der Waals surface area (Å²) in [7, 11) is 1.85. The summed E-state index contributed by atoms with van der Waals surface area (Å²) in [6, 6.07) is 4.33. The number of benzene rings is 1. The molecule has 0 bridgehead atoms. The van der Waals surface area contributed by atoms with E-state index in [1.807, 2.05) is 14.0 Å². The van der Waals surface area contributed by atoms with Gasteiger partial charge >= 0.3 is 0 Å². The van der Waals surface area contributed by atoms with Crippen LogP contribution in [0, 0.1) is 19.7 Å². The fraction of sp³-hybridized carbons (Fsp3) is 0.286. The van der Waals surface area contributed by atoms with E-state index < -0.39 is 0 Å². The van der Waals surface area contributed by atoms with E-state index in [1.165, 1.54) is 12.1 Å². The molecule has 0 aliphatic carbocycles. The first-order valence-corrected chi connectivity index (χ1v) is 6.01. The number of halogens is 1. The molecule has 100 valence electrons. The normalized spacial score (nSPS) is 10.5. The van der Waals surface area contributed by atoms with Crippen molar-refractivity contribution in [2.75, 3.05) is 0 Å². The van der Waals surface area contributed by atoms with Crippen LogP contribution in [0.25, 0.3) is 0 Å². The maximum Gasteiger partial charge on any atom is 0.251 e. The highest BCUT2D eigenvalue weighted by Crippen LogP contribution is 2.10. The van der Waals surface area contributed by atoms with Crippen LogP contribution in [0.3, 0.4) is 0 Å². The summed E-state index contributed by atoms with van der Waals surface area (Å²) in [5.41, 5.74) is 2.90. The number of carbonyl (C=O) groups excluding carboxylic acids is 1. The van der Waals surface area contributed by atoms with Gasteiger partial charge in [-0.15, -0.1) is 0 Å². The molecule has 0 radical (unpaired) electrons. The highest BCUT2D eigenvalue weighted by Gasteiger charge is 2.09. The molecule has 19 heavy (non-hydrogen) atoms. The fourth-order valence-electron chi connectivity index (χ4n) is 1.78. The van der Waals surface area contributed by atoms with Gasteiger partial charge in [-0.25, -0.2) is 4.39 Å². The Hall–Kier alpha value is -2.17. The van der Waals surface area contributed by atoms with Crippen molar-refractivity contribution >= 4 is 5.91 Å². The van der Waals surface area contributed by atoms with Gasteiger partial charge in [0.05, 0.1) is 6.20 Å². The number of aromatic nitrogens is 2. The van der Waals surface area contributed by atoms with E-state index in [0.717, 1.165) is 11.3 Å². The molecule has 2 rings (SSSR count). The van der Waals surface area contributed by atoms with E-state index >= 15 is 0 Å². The standard InChI is InChI=1S/C14H16FN3O/c1-9-6-11(4-5-13(9)15)14(19)16-7-12-8-17-18(3)10(12)2/h4-6,8H,7H2,1-3H3,(H,16,19). The predicted molar refractivity (Wildman–Crippen MR) is 70.3 cm³/mol. The lowest BCUT2D eigenvalue weighted by Crippen LogP contribution is -2.23. The first kappa shape index (κ1) is 13.3. The zero-order chi connectivity index (χ0) is 14.0. The van der Waals surface area contributed by atoms with Crippen molar-refractivity contribution in [2.45, 2.75) is 20.4 Å². The van der Waals surface area contributed by atoms with Crippen LogP contribution in [0.4, 0.5) is 4.39 Å². The molecule has 4 nitrogen and oxygen atoms in total.